The third-order valence-electron chi connectivity index (χ3n) is 2.63. The molecule has 0 unspecified atom stereocenters. The van der Waals surface area contributed by atoms with E-state index < -0.39 is 0 Å². The van der Waals surface area contributed by atoms with Gasteiger partial charge in [0.25, 0.3) is 5.89 Å². The summed E-state index contributed by atoms with van der Waals surface area (Å²) in [6, 6.07) is 11.1. The van der Waals surface area contributed by atoms with E-state index in [4.69, 9.17) is 9.78 Å². The van der Waals surface area contributed by atoms with Crippen molar-refractivity contribution in [1.29, 1.82) is 5.26 Å². The molecule has 0 aliphatic rings. The summed E-state index contributed by atoms with van der Waals surface area (Å²) >= 11 is 0. The van der Waals surface area contributed by atoms with Gasteiger partial charge < -0.3 is 4.52 Å². The predicted molar refractivity (Wildman–Crippen MR) is 67.6 cm³/mol. The molecule has 3 rings (SSSR count). The fourth-order valence-electron chi connectivity index (χ4n) is 1.71. The SMILES string of the molecule is N#Cc1cc(-c2nc(-c3cccc(F)c3)no2)ccn1. The highest BCUT2D eigenvalue weighted by atomic mass is 19.1. The Morgan fingerprint density at radius 1 is 1.15 bits per heavy atom. The molecule has 2 heterocycles. The Balaban J connectivity index is 2.00. The van der Waals surface area contributed by atoms with Crippen LogP contribution in [-0.4, -0.2) is 15.1 Å². The molecule has 0 amide bonds. The number of hydrogen-bond acceptors (Lipinski definition) is 5. The van der Waals surface area contributed by atoms with Crippen LogP contribution in [0.4, 0.5) is 4.39 Å². The molecule has 0 radical (unpaired) electrons. The summed E-state index contributed by atoms with van der Waals surface area (Å²) in [7, 11) is 0. The fraction of sp³-hybridized carbons (Fsp3) is 0. The van der Waals surface area contributed by atoms with Crippen molar-refractivity contribution in [3.63, 3.8) is 0 Å². The van der Waals surface area contributed by atoms with E-state index in [-0.39, 0.29) is 23.2 Å². The second kappa shape index (κ2) is 4.90. The Morgan fingerprint density at radius 3 is 2.85 bits per heavy atom. The van der Waals surface area contributed by atoms with Crippen LogP contribution in [0.1, 0.15) is 5.69 Å². The standard InChI is InChI=1S/C14H7FN4O/c15-11-3-1-2-9(6-11)13-18-14(20-19-13)10-4-5-17-12(7-10)8-16/h1-7H. The van der Waals surface area contributed by atoms with Crippen molar-refractivity contribution in [3.05, 3.63) is 54.1 Å². The second-order valence-corrected chi connectivity index (χ2v) is 3.98. The van der Waals surface area contributed by atoms with Crippen LogP contribution in [0.5, 0.6) is 0 Å². The van der Waals surface area contributed by atoms with Crippen molar-refractivity contribution in [2.75, 3.05) is 0 Å². The lowest BCUT2D eigenvalue weighted by molar-refractivity contribution is 0.432. The molecule has 5 nitrogen and oxygen atoms in total. The van der Waals surface area contributed by atoms with Crippen molar-refractivity contribution < 1.29 is 8.91 Å². The highest BCUT2D eigenvalue weighted by Gasteiger charge is 2.11. The lowest BCUT2D eigenvalue weighted by Crippen LogP contribution is -1.85. The minimum absolute atomic E-state index is 0.253. The number of aromatic nitrogens is 3. The maximum Gasteiger partial charge on any atom is 0.258 e. The summed E-state index contributed by atoms with van der Waals surface area (Å²) in [5.41, 5.74) is 1.37. The van der Waals surface area contributed by atoms with Crippen molar-refractivity contribution in [2.24, 2.45) is 0 Å². The van der Waals surface area contributed by atoms with Gasteiger partial charge in [0, 0.05) is 17.3 Å². The van der Waals surface area contributed by atoms with Gasteiger partial charge in [0.2, 0.25) is 5.82 Å². The molecule has 0 atom stereocenters. The molecule has 6 heteroatoms. The van der Waals surface area contributed by atoms with E-state index in [1.165, 1.54) is 18.3 Å². The minimum Gasteiger partial charge on any atom is -0.334 e. The average molecular weight is 266 g/mol. The van der Waals surface area contributed by atoms with Crippen LogP contribution in [0.2, 0.25) is 0 Å². The first-order valence-electron chi connectivity index (χ1n) is 5.72. The van der Waals surface area contributed by atoms with Crippen LogP contribution in [0, 0.1) is 17.1 Å². The van der Waals surface area contributed by atoms with Crippen molar-refractivity contribution in [3.8, 4) is 28.9 Å². The first-order chi connectivity index (χ1) is 9.76. The molecule has 1 aromatic carbocycles. The average Bonchev–Trinajstić information content (AvgIpc) is 2.97. The first-order valence-corrected chi connectivity index (χ1v) is 5.72. The third kappa shape index (κ3) is 2.24. The molecule has 0 aliphatic heterocycles. The van der Waals surface area contributed by atoms with E-state index in [2.05, 4.69) is 15.1 Å². The van der Waals surface area contributed by atoms with Crippen molar-refractivity contribution in [1.82, 2.24) is 15.1 Å². The van der Waals surface area contributed by atoms with Gasteiger partial charge in [0.1, 0.15) is 17.6 Å². The van der Waals surface area contributed by atoms with Crippen molar-refractivity contribution in [2.45, 2.75) is 0 Å². The molecular formula is C14H7FN4O. The summed E-state index contributed by atoms with van der Waals surface area (Å²) < 4.78 is 18.3. The lowest BCUT2D eigenvalue weighted by Gasteiger charge is -1.94. The molecule has 0 saturated heterocycles. The molecule has 0 fully saturated rings. The van der Waals surface area contributed by atoms with Crippen LogP contribution >= 0.6 is 0 Å². The van der Waals surface area contributed by atoms with Gasteiger partial charge in [-0.2, -0.15) is 10.2 Å². The zero-order valence-electron chi connectivity index (χ0n) is 10.1. The van der Waals surface area contributed by atoms with Crippen LogP contribution in [0.15, 0.2) is 47.1 Å². The first kappa shape index (κ1) is 12.0. The van der Waals surface area contributed by atoms with E-state index in [0.29, 0.717) is 11.1 Å². The predicted octanol–water partition coefficient (Wildman–Crippen LogP) is 2.81. The normalized spacial score (nSPS) is 10.2. The molecule has 96 valence electrons. The maximum atomic E-state index is 13.2. The number of nitriles is 1. The molecule has 0 spiro atoms. The van der Waals surface area contributed by atoms with E-state index in [0.717, 1.165) is 0 Å². The van der Waals surface area contributed by atoms with Gasteiger partial charge in [-0.3, -0.25) is 0 Å². The van der Waals surface area contributed by atoms with Gasteiger partial charge in [-0.15, -0.1) is 0 Å². The van der Waals surface area contributed by atoms with Crippen LogP contribution in [0.3, 0.4) is 0 Å². The number of nitrogens with zero attached hydrogens (tertiary/aromatic N) is 4. The maximum absolute atomic E-state index is 13.2. The highest BCUT2D eigenvalue weighted by Crippen LogP contribution is 2.22. The van der Waals surface area contributed by atoms with E-state index >= 15 is 0 Å². The Hall–Kier alpha value is -3.07. The summed E-state index contributed by atoms with van der Waals surface area (Å²) in [4.78, 5) is 8.05. The van der Waals surface area contributed by atoms with Crippen LogP contribution in [0.25, 0.3) is 22.8 Å². The number of pyridine rings is 1. The molecule has 3 aromatic rings. The minimum atomic E-state index is -0.371. The third-order valence-corrected chi connectivity index (χ3v) is 2.63. The van der Waals surface area contributed by atoms with Crippen molar-refractivity contribution >= 4 is 0 Å². The number of hydrogen-bond donors (Lipinski definition) is 0. The van der Waals surface area contributed by atoms with E-state index in [9.17, 15) is 4.39 Å². The molecule has 0 bridgehead atoms. The van der Waals surface area contributed by atoms with E-state index in [1.54, 1.807) is 24.3 Å². The van der Waals surface area contributed by atoms with Crippen LogP contribution < -0.4 is 0 Å². The topological polar surface area (TPSA) is 75.6 Å². The van der Waals surface area contributed by atoms with Gasteiger partial charge in [-0.1, -0.05) is 17.3 Å². The Morgan fingerprint density at radius 2 is 2.05 bits per heavy atom. The summed E-state index contributed by atoms with van der Waals surface area (Å²) in [5.74, 6) is 0.169. The van der Waals surface area contributed by atoms with Gasteiger partial charge >= 0.3 is 0 Å². The summed E-state index contributed by atoms with van der Waals surface area (Å²) in [6.45, 7) is 0. The zero-order valence-corrected chi connectivity index (χ0v) is 10.1. The summed E-state index contributed by atoms with van der Waals surface area (Å²) in [6.07, 6.45) is 1.49. The molecule has 0 saturated carbocycles. The molecule has 0 aliphatic carbocycles. The second-order valence-electron chi connectivity index (χ2n) is 3.98. The molecular weight excluding hydrogens is 259 g/mol. The van der Waals surface area contributed by atoms with E-state index in [1.807, 2.05) is 6.07 Å². The van der Waals surface area contributed by atoms with Gasteiger partial charge in [-0.25, -0.2) is 9.37 Å². The Bertz CT molecular complexity index is 807. The number of rotatable bonds is 2. The summed E-state index contributed by atoms with van der Waals surface area (Å²) in [5, 5.41) is 12.6. The molecule has 20 heavy (non-hydrogen) atoms. The zero-order chi connectivity index (χ0) is 13.9. The van der Waals surface area contributed by atoms with Gasteiger partial charge in [0.15, 0.2) is 0 Å². The smallest absolute Gasteiger partial charge is 0.258 e. The number of halogens is 1. The molecule has 2 aromatic heterocycles. The van der Waals surface area contributed by atoms with Crippen LogP contribution in [-0.2, 0) is 0 Å². The Kier molecular flexibility index (Phi) is 2.94. The monoisotopic (exact) mass is 266 g/mol. The largest absolute Gasteiger partial charge is 0.334 e. The van der Waals surface area contributed by atoms with Gasteiger partial charge in [0.05, 0.1) is 0 Å². The van der Waals surface area contributed by atoms with Gasteiger partial charge in [-0.05, 0) is 24.3 Å². The molecule has 0 N–H and O–H groups in total. The lowest BCUT2D eigenvalue weighted by atomic mass is 10.2. The fourth-order valence-corrected chi connectivity index (χ4v) is 1.71. The quantitative estimate of drug-likeness (QED) is 0.712. The highest BCUT2D eigenvalue weighted by molar-refractivity contribution is 5.60. The Labute approximate surface area is 113 Å². The number of benzene rings is 1.